The van der Waals surface area contributed by atoms with Gasteiger partial charge in [-0.25, -0.2) is 0 Å². The Balaban J connectivity index is 2.01. The molecule has 23 heavy (non-hydrogen) atoms. The van der Waals surface area contributed by atoms with E-state index in [0.717, 1.165) is 24.4 Å². The quantitative estimate of drug-likeness (QED) is 0.661. The van der Waals surface area contributed by atoms with Crippen molar-refractivity contribution in [3.05, 3.63) is 30.1 Å². The number of hydrogen-bond donors (Lipinski definition) is 0. The van der Waals surface area contributed by atoms with Crippen molar-refractivity contribution >= 4 is 0 Å². The number of hydrogen-bond acceptors (Lipinski definition) is 7. The summed E-state index contributed by atoms with van der Waals surface area (Å²) in [6.07, 6.45) is 0. The van der Waals surface area contributed by atoms with E-state index in [9.17, 15) is 0 Å². The van der Waals surface area contributed by atoms with Crippen LogP contribution in [0.2, 0.25) is 0 Å². The summed E-state index contributed by atoms with van der Waals surface area (Å²) >= 11 is 0. The van der Waals surface area contributed by atoms with E-state index in [2.05, 4.69) is 15.0 Å². The summed E-state index contributed by atoms with van der Waals surface area (Å²) in [6.45, 7) is 3.45. The predicted molar refractivity (Wildman–Crippen MR) is 85.3 cm³/mol. The number of methoxy groups -OCH3 is 3. The third-order valence-electron chi connectivity index (χ3n) is 3.39. The minimum absolute atomic E-state index is 0.501. The van der Waals surface area contributed by atoms with Crippen LogP contribution in [0.3, 0.4) is 0 Å². The van der Waals surface area contributed by atoms with Crippen molar-refractivity contribution in [2.75, 3.05) is 47.6 Å². The van der Waals surface area contributed by atoms with Crippen LogP contribution in [-0.2, 0) is 16.0 Å². The van der Waals surface area contributed by atoms with E-state index in [-0.39, 0.29) is 0 Å². The molecule has 0 bridgehead atoms. The molecule has 0 N–H and O–H groups in total. The maximum Gasteiger partial charge on any atom is 0.257 e. The van der Waals surface area contributed by atoms with Crippen LogP contribution >= 0.6 is 0 Å². The van der Waals surface area contributed by atoms with Crippen molar-refractivity contribution in [3.8, 4) is 17.2 Å². The zero-order chi connectivity index (χ0) is 16.5. The second-order valence-electron chi connectivity index (χ2n) is 5.01. The first-order valence-corrected chi connectivity index (χ1v) is 7.44. The summed E-state index contributed by atoms with van der Waals surface area (Å²) < 4.78 is 20.7. The molecule has 0 amide bonds. The summed E-state index contributed by atoms with van der Waals surface area (Å²) in [5.74, 6) is 1.93. The van der Waals surface area contributed by atoms with Gasteiger partial charge < -0.3 is 18.7 Å². The van der Waals surface area contributed by atoms with E-state index < -0.39 is 0 Å². The first-order valence-electron chi connectivity index (χ1n) is 7.44. The molecule has 7 nitrogen and oxygen atoms in total. The summed E-state index contributed by atoms with van der Waals surface area (Å²) in [6, 6.07) is 7.51. The summed E-state index contributed by atoms with van der Waals surface area (Å²) in [5.41, 5.74) is 0.866. The van der Waals surface area contributed by atoms with Crippen molar-refractivity contribution in [3.63, 3.8) is 0 Å². The fourth-order valence-corrected chi connectivity index (χ4v) is 2.08. The molecule has 0 aliphatic rings. The highest BCUT2D eigenvalue weighted by Gasteiger charge is 2.13. The van der Waals surface area contributed by atoms with Crippen molar-refractivity contribution in [1.82, 2.24) is 15.0 Å². The van der Waals surface area contributed by atoms with Crippen molar-refractivity contribution in [2.45, 2.75) is 6.54 Å². The van der Waals surface area contributed by atoms with Gasteiger partial charge in [0.2, 0.25) is 0 Å². The molecule has 0 radical (unpaired) electrons. The summed E-state index contributed by atoms with van der Waals surface area (Å²) in [7, 11) is 5.00. The summed E-state index contributed by atoms with van der Waals surface area (Å²) in [5, 5.41) is 4.05. The Morgan fingerprint density at radius 3 is 2.22 bits per heavy atom. The minimum atomic E-state index is 0.501. The molecular formula is C16H23N3O4. The number of benzene rings is 1. The van der Waals surface area contributed by atoms with Crippen LogP contribution in [-0.4, -0.2) is 62.7 Å². The Labute approximate surface area is 136 Å². The van der Waals surface area contributed by atoms with E-state index >= 15 is 0 Å². The molecule has 7 heteroatoms. The zero-order valence-electron chi connectivity index (χ0n) is 13.8. The van der Waals surface area contributed by atoms with Gasteiger partial charge in [-0.05, 0) is 24.3 Å². The minimum Gasteiger partial charge on any atom is -0.497 e. The van der Waals surface area contributed by atoms with Gasteiger partial charge in [0.25, 0.3) is 5.89 Å². The van der Waals surface area contributed by atoms with E-state index in [1.165, 1.54) is 0 Å². The lowest BCUT2D eigenvalue weighted by Gasteiger charge is -2.19. The molecule has 1 aromatic heterocycles. The average molecular weight is 321 g/mol. The molecule has 126 valence electrons. The fraction of sp³-hybridized carbons (Fsp3) is 0.500. The standard InChI is InChI=1S/C16H23N3O4/c1-20-10-8-19(9-11-21-2)12-15-17-16(23-18-15)13-4-6-14(22-3)7-5-13/h4-7H,8-12H2,1-3H3. The second kappa shape index (κ2) is 9.24. The fourth-order valence-electron chi connectivity index (χ4n) is 2.08. The monoisotopic (exact) mass is 321 g/mol. The van der Waals surface area contributed by atoms with E-state index in [0.29, 0.717) is 31.5 Å². The second-order valence-corrected chi connectivity index (χ2v) is 5.01. The third kappa shape index (κ3) is 5.31. The van der Waals surface area contributed by atoms with Crippen LogP contribution in [0.15, 0.2) is 28.8 Å². The number of rotatable bonds is 10. The van der Waals surface area contributed by atoms with Gasteiger partial charge in [0.15, 0.2) is 5.82 Å². The topological polar surface area (TPSA) is 69.9 Å². The SMILES string of the molecule is COCCN(CCOC)Cc1noc(-c2ccc(OC)cc2)n1. The van der Waals surface area contributed by atoms with Crippen molar-refractivity contribution < 1.29 is 18.7 Å². The Kier molecular flexibility index (Phi) is 6.99. The molecule has 1 heterocycles. The zero-order valence-corrected chi connectivity index (χ0v) is 13.8. The Hall–Kier alpha value is -1.96. The highest BCUT2D eigenvalue weighted by molar-refractivity contribution is 5.54. The van der Waals surface area contributed by atoms with Crippen LogP contribution in [0.5, 0.6) is 5.75 Å². The van der Waals surface area contributed by atoms with Gasteiger partial charge in [-0.1, -0.05) is 5.16 Å². The molecule has 0 aliphatic carbocycles. The average Bonchev–Trinajstić information content (AvgIpc) is 3.06. The normalized spacial score (nSPS) is 11.1. The lowest BCUT2D eigenvalue weighted by molar-refractivity contribution is 0.108. The van der Waals surface area contributed by atoms with Crippen molar-refractivity contribution in [1.29, 1.82) is 0 Å². The first kappa shape index (κ1) is 17.4. The number of nitrogens with zero attached hydrogens (tertiary/aromatic N) is 3. The molecular weight excluding hydrogens is 298 g/mol. The predicted octanol–water partition coefficient (Wildman–Crippen LogP) is 1.84. The van der Waals surface area contributed by atoms with Crippen molar-refractivity contribution in [2.24, 2.45) is 0 Å². The van der Waals surface area contributed by atoms with Gasteiger partial charge in [0.1, 0.15) is 5.75 Å². The van der Waals surface area contributed by atoms with Gasteiger partial charge in [0, 0.05) is 32.9 Å². The van der Waals surface area contributed by atoms with Gasteiger partial charge >= 0.3 is 0 Å². The maximum atomic E-state index is 5.34. The lowest BCUT2D eigenvalue weighted by atomic mass is 10.2. The van der Waals surface area contributed by atoms with Crippen LogP contribution in [0, 0.1) is 0 Å². The number of aromatic nitrogens is 2. The number of ether oxygens (including phenoxy) is 3. The van der Waals surface area contributed by atoms with Crippen LogP contribution in [0.25, 0.3) is 11.5 Å². The van der Waals surface area contributed by atoms with Gasteiger partial charge in [-0.2, -0.15) is 4.98 Å². The maximum absolute atomic E-state index is 5.34. The molecule has 1 aromatic carbocycles. The molecule has 0 unspecified atom stereocenters. The van der Waals surface area contributed by atoms with E-state index in [1.807, 2.05) is 24.3 Å². The molecule has 0 fully saturated rings. The lowest BCUT2D eigenvalue weighted by Crippen LogP contribution is -2.30. The molecule has 0 aliphatic heterocycles. The van der Waals surface area contributed by atoms with E-state index in [1.54, 1.807) is 21.3 Å². The summed E-state index contributed by atoms with van der Waals surface area (Å²) in [4.78, 5) is 6.61. The Morgan fingerprint density at radius 1 is 1.00 bits per heavy atom. The van der Waals surface area contributed by atoms with Crippen LogP contribution in [0.4, 0.5) is 0 Å². The molecule has 0 spiro atoms. The van der Waals surface area contributed by atoms with Gasteiger partial charge in [-0.15, -0.1) is 0 Å². The van der Waals surface area contributed by atoms with E-state index in [4.69, 9.17) is 18.7 Å². The van der Waals surface area contributed by atoms with Gasteiger partial charge in [-0.3, -0.25) is 4.90 Å². The smallest absolute Gasteiger partial charge is 0.257 e. The highest BCUT2D eigenvalue weighted by atomic mass is 16.5. The highest BCUT2D eigenvalue weighted by Crippen LogP contribution is 2.20. The molecule has 0 saturated carbocycles. The molecule has 0 atom stereocenters. The Bertz CT molecular complexity index is 563. The molecule has 2 rings (SSSR count). The molecule has 0 saturated heterocycles. The van der Waals surface area contributed by atoms with Crippen LogP contribution in [0.1, 0.15) is 5.82 Å². The van der Waals surface area contributed by atoms with Gasteiger partial charge in [0.05, 0.1) is 26.9 Å². The third-order valence-corrected chi connectivity index (χ3v) is 3.39. The van der Waals surface area contributed by atoms with Crippen LogP contribution < -0.4 is 4.74 Å². The largest absolute Gasteiger partial charge is 0.497 e. The first-order chi connectivity index (χ1) is 11.3. The Morgan fingerprint density at radius 2 is 1.65 bits per heavy atom. The molecule has 2 aromatic rings.